The lowest BCUT2D eigenvalue weighted by molar-refractivity contribution is -0.137. The molecule has 1 unspecified atom stereocenters. The average Bonchev–Trinajstić information content (AvgIpc) is 2.28. The van der Waals surface area contributed by atoms with Crippen LogP contribution in [0.4, 0.5) is 0 Å². The van der Waals surface area contributed by atoms with Crippen LogP contribution in [0.1, 0.15) is 35.9 Å². The van der Waals surface area contributed by atoms with Gasteiger partial charge in [-0.25, -0.2) is 4.79 Å². The first kappa shape index (κ1) is 12.4. The number of carbonyl (C=O) groups is 2. The highest BCUT2D eigenvalue weighted by Gasteiger charge is 2.17. The minimum absolute atomic E-state index is 0.167. The van der Waals surface area contributed by atoms with Crippen LogP contribution in [0.3, 0.4) is 0 Å². The molecule has 0 aliphatic carbocycles. The molecule has 0 aliphatic rings. The lowest BCUT2D eigenvalue weighted by Crippen LogP contribution is -2.17. The number of benzene rings is 1. The summed E-state index contributed by atoms with van der Waals surface area (Å²) < 4.78 is 4.61. The highest BCUT2D eigenvalue weighted by Crippen LogP contribution is 2.14. The van der Waals surface area contributed by atoms with Gasteiger partial charge in [-0.2, -0.15) is 0 Å². The topological polar surface area (TPSA) is 63.6 Å². The van der Waals surface area contributed by atoms with Gasteiger partial charge in [-0.3, -0.25) is 4.79 Å². The predicted molar refractivity (Wildman–Crippen MR) is 58.0 cm³/mol. The van der Waals surface area contributed by atoms with Crippen molar-refractivity contribution in [2.45, 2.75) is 20.0 Å². The predicted octanol–water partition coefficient (Wildman–Crippen LogP) is 1.49. The first-order valence-electron chi connectivity index (χ1n) is 5.05. The number of ketones is 1. The number of hydrogen-bond acceptors (Lipinski definition) is 4. The molecule has 0 amide bonds. The van der Waals surface area contributed by atoms with E-state index in [0.717, 1.165) is 0 Å². The number of carbonyl (C=O) groups excluding carboxylic acids is 2. The zero-order chi connectivity index (χ0) is 12.1. The maximum atomic E-state index is 11.6. The van der Waals surface area contributed by atoms with E-state index in [2.05, 4.69) is 4.74 Å². The van der Waals surface area contributed by atoms with Crippen molar-refractivity contribution in [3.8, 4) is 0 Å². The SMILES string of the molecule is CCOC(=O)C(=O)c1cccc(C(C)O)c1. The first-order valence-corrected chi connectivity index (χ1v) is 5.05. The van der Waals surface area contributed by atoms with Gasteiger partial charge in [0.2, 0.25) is 0 Å². The molecule has 0 fully saturated rings. The second-order valence-corrected chi connectivity index (χ2v) is 3.35. The van der Waals surface area contributed by atoms with Gasteiger partial charge in [-0.05, 0) is 25.5 Å². The molecular formula is C12H14O4. The summed E-state index contributed by atoms with van der Waals surface area (Å²) in [5.41, 5.74) is 0.826. The molecule has 0 radical (unpaired) electrons. The third kappa shape index (κ3) is 2.90. The number of rotatable bonds is 4. The quantitative estimate of drug-likeness (QED) is 0.476. The molecule has 0 bridgehead atoms. The Balaban J connectivity index is 2.92. The van der Waals surface area contributed by atoms with Gasteiger partial charge < -0.3 is 9.84 Å². The van der Waals surface area contributed by atoms with Gasteiger partial charge in [0.25, 0.3) is 5.78 Å². The third-order valence-corrected chi connectivity index (χ3v) is 2.09. The van der Waals surface area contributed by atoms with E-state index in [4.69, 9.17) is 0 Å². The van der Waals surface area contributed by atoms with Crippen LogP contribution in [0.25, 0.3) is 0 Å². The van der Waals surface area contributed by atoms with Crippen molar-refractivity contribution in [3.63, 3.8) is 0 Å². The lowest BCUT2D eigenvalue weighted by Gasteiger charge is -2.06. The summed E-state index contributed by atoms with van der Waals surface area (Å²) in [6, 6.07) is 6.32. The van der Waals surface area contributed by atoms with Gasteiger partial charge in [0.15, 0.2) is 0 Å². The van der Waals surface area contributed by atoms with Gasteiger partial charge in [0, 0.05) is 5.56 Å². The smallest absolute Gasteiger partial charge is 0.379 e. The second kappa shape index (κ2) is 5.42. The molecule has 4 heteroatoms. The van der Waals surface area contributed by atoms with Crippen molar-refractivity contribution in [3.05, 3.63) is 35.4 Å². The number of Topliss-reactive ketones (excluding diaryl/α,β-unsaturated/α-hetero) is 1. The lowest BCUT2D eigenvalue weighted by atomic mass is 10.0. The van der Waals surface area contributed by atoms with Crippen molar-refractivity contribution < 1.29 is 19.4 Å². The third-order valence-electron chi connectivity index (χ3n) is 2.09. The van der Waals surface area contributed by atoms with Crippen LogP contribution >= 0.6 is 0 Å². The Bertz CT molecular complexity index is 396. The van der Waals surface area contributed by atoms with Crippen LogP contribution < -0.4 is 0 Å². The normalized spacial score (nSPS) is 11.9. The summed E-state index contributed by atoms with van der Waals surface area (Å²) in [7, 11) is 0. The molecule has 0 saturated carbocycles. The molecule has 0 saturated heterocycles. The molecule has 1 rings (SSSR count). The standard InChI is InChI=1S/C12H14O4/c1-3-16-12(15)11(14)10-6-4-5-9(7-10)8(2)13/h4-8,13H,3H2,1-2H3. The Morgan fingerprint density at radius 2 is 2.12 bits per heavy atom. The minimum Gasteiger partial charge on any atom is -0.460 e. The van der Waals surface area contributed by atoms with Gasteiger partial charge in [-0.15, -0.1) is 0 Å². The first-order chi connectivity index (χ1) is 7.56. The van der Waals surface area contributed by atoms with E-state index in [1.165, 1.54) is 12.1 Å². The highest BCUT2D eigenvalue weighted by atomic mass is 16.5. The maximum absolute atomic E-state index is 11.6. The van der Waals surface area contributed by atoms with Crippen molar-refractivity contribution in [1.82, 2.24) is 0 Å². The summed E-state index contributed by atoms with van der Waals surface area (Å²) >= 11 is 0. The summed E-state index contributed by atoms with van der Waals surface area (Å²) in [5, 5.41) is 9.34. The molecule has 1 atom stereocenters. The van der Waals surface area contributed by atoms with E-state index in [0.29, 0.717) is 5.56 Å². The number of ether oxygens (including phenoxy) is 1. The molecule has 1 aromatic carbocycles. The highest BCUT2D eigenvalue weighted by molar-refractivity contribution is 6.40. The summed E-state index contributed by atoms with van der Waals surface area (Å²) in [6.45, 7) is 3.39. The second-order valence-electron chi connectivity index (χ2n) is 3.35. The molecule has 0 spiro atoms. The zero-order valence-electron chi connectivity index (χ0n) is 9.27. The molecular weight excluding hydrogens is 208 g/mol. The monoisotopic (exact) mass is 222 g/mol. The fraction of sp³-hybridized carbons (Fsp3) is 0.333. The Labute approximate surface area is 93.9 Å². The summed E-state index contributed by atoms with van der Waals surface area (Å²) in [4.78, 5) is 22.7. The van der Waals surface area contributed by atoms with Crippen molar-refractivity contribution in [2.24, 2.45) is 0 Å². The molecule has 4 nitrogen and oxygen atoms in total. The van der Waals surface area contributed by atoms with Crippen LogP contribution in [-0.4, -0.2) is 23.5 Å². The summed E-state index contributed by atoms with van der Waals surface area (Å²) in [5.74, 6) is -1.56. The van der Waals surface area contributed by atoms with E-state index < -0.39 is 17.9 Å². The van der Waals surface area contributed by atoms with E-state index in [-0.39, 0.29) is 12.2 Å². The Kier molecular flexibility index (Phi) is 4.19. The number of aliphatic hydroxyl groups excluding tert-OH is 1. The number of hydrogen-bond donors (Lipinski definition) is 1. The molecule has 16 heavy (non-hydrogen) atoms. The van der Waals surface area contributed by atoms with E-state index >= 15 is 0 Å². The van der Waals surface area contributed by atoms with Crippen LogP contribution in [0, 0.1) is 0 Å². The Morgan fingerprint density at radius 3 is 2.69 bits per heavy atom. The van der Waals surface area contributed by atoms with Crippen molar-refractivity contribution in [2.75, 3.05) is 6.61 Å². The molecule has 1 N–H and O–H groups in total. The van der Waals surface area contributed by atoms with Crippen LogP contribution in [0.15, 0.2) is 24.3 Å². The zero-order valence-corrected chi connectivity index (χ0v) is 9.27. The van der Waals surface area contributed by atoms with Crippen molar-refractivity contribution in [1.29, 1.82) is 0 Å². The van der Waals surface area contributed by atoms with E-state index in [1.807, 2.05) is 0 Å². The molecule has 0 aromatic heterocycles. The van der Waals surface area contributed by atoms with Crippen LogP contribution in [0.2, 0.25) is 0 Å². The fourth-order valence-corrected chi connectivity index (χ4v) is 1.25. The summed E-state index contributed by atoms with van der Waals surface area (Å²) in [6.07, 6.45) is -0.671. The van der Waals surface area contributed by atoms with Crippen LogP contribution in [0.5, 0.6) is 0 Å². The Hall–Kier alpha value is -1.68. The Morgan fingerprint density at radius 1 is 1.44 bits per heavy atom. The minimum atomic E-state index is -0.870. The average molecular weight is 222 g/mol. The number of aliphatic hydroxyl groups is 1. The largest absolute Gasteiger partial charge is 0.460 e. The molecule has 1 aromatic rings. The van der Waals surface area contributed by atoms with E-state index in [1.54, 1.807) is 26.0 Å². The van der Waals surface area contributed by atoms with Crippen molar-refractivity contribution >= 4 is 11.8 Å². The molecule has 86 valence electrons. The fourth-order valence-electron chi connectivity index (χ4n) is 1.25. The number of esters is 1. The van der Waals surface area contributed by atoms with Gasteiger partial charge in [-0.1, -0.05) is 18.2 Å². The van der Waals surface area contributed by atoms with Crippen LogP contribution in [-0.2, 0) is 9.53 Å². The molecule has 0 aliphatic heterocycles. The van der Waals surface area contributed by atoms with Gasteiger partial charge >= 0.3 is 5.97 Å². The van der Waals surface area contributed by atoms with E-state index in [9.17, 15) is 14.7 Å². The van der Waals surface area contributed by atoms with Gasteiger partial charge in [0.05, 0.1) is 12.7 Å². The molecule has 0 heterocycles. The maximum Gasteiger partial charge on any atom is 0.379 e. The van der Waals surface area contributed by atoms with Gasteiger partial charge in [0.1, 0.15) is 0 Å².